The quantitative estimate of drug-likeness (QED) is 0.892. The van der Waals surface area contributed by atoms with Gasteiger partial charge < -0.3 is 15.2 Å². The fourth-order valence-electron chi connectivity index (χ4n) is 2.48. The number of benzene rings is 1. The summed E-state index contributed by atoms with van der Waals surface area (Å²) in [5.41, 5.74) is 0.867. The SMILES string of the molecule is OC1(CNCc2ccc(F)c(-c3cccs3)c2)CCOC1. The van der Waals surface area contributed by atoms with Gasteiger partial charge in [-0.3, -0.25) is 0 Å². The van der Waals surface area contributed by atoms with Crippen molar-refractivity contribution in [3.8, 4) is 10.4 Å². The fourth-order valence-corrected chi connectivity index (χ4v) is 3.22. The first-order chi connectivity index (χ1) is 10.2. The maximum atomic E-state index is 13.9. The number of ether oxygens (including phenoxy) is 1. The zero-order valence-electron chi connectivity index (χ0n) is 11.6. The van der Waals surface area contributed by atoms with E-state index in [2.05, 4.69) is 5.32 Å². The molecule has 0 radical (unpaired) electrons. The number of nitrogens with one attached hydrogen (secondary N) is 1. The van der Waals surface area contributed by atoms with Crippen molar-refractivity contribution >= 4 is 11.3 Å². The first-order valence-electron chi connectivity index (χ1n) is 6.99. The van der Waals surface area contributed by atoms with E-state index in [4.69, 9.17) is 4.74 Å². The van der Waals surface area contributed by atoms with Crippen molar-refractivity contribution in [2.45, 2.75) is 18.6 Å². The number of hydrogen-bond acceptors (Lipinski definition) is 4. The summed E-state index contributed by atoms with van der Waals surface area (Å²) < 4.78 is 19.1. The molecule has 21 heavy (non-hydrogen) atoms. The normalized spacial score (nSPS) is 21.8. The Kier molecular flexibility index (Phi) is 4.35. The summed E-state index contributed by atoms with van der Waals surface area (Å²) >= 11 is 1.53. The van der Waals surface area contributed by atoms with Gasteiger partial charge in [0.05, 0.1) is 6.61 Å². The Bertz CT molecular complexity index is 594. The van der Waals surface area contributed by atoms with Crippen LogP contribution in [0.1, 0.15) is 12.0 Å². The lowest BCUT2D eigenvalue weighted by Gasteiger charge is -2.20. The second kappa shape index (κ2) is 6.23. The van der Waals surface area contributed by atoms with Crippen LogP contribution in [0.3, 0.4) is 0 Å². The Morgan fingerprint density at radius 2 is 2.29 bits per heavy atom. The zero-order valence-corrected chi connectivity index (χ0v) is 12.5. The average molecular weight is 307 g/mol. The van der Waals surface area contributed by atoms with Crippen LogP contribution in [0.4, 0.5) is 4.39 Å². The molecule has 1 aliphatic heterocycles. The maximum absolute atomic E-state index is 13.9. The molecule has 1 aromatic carbocycles. The minimum atomic E-state index is -0.767. The van der Waals surface area contributed by atoms with Gasteiger partial charge in [-0.15, -0.1) is 11.3 Å². The minimum Gasteiger partial charge on any atom is -0.386 e. The number of halogens is 1. The molecule has 3 rings (SSSR count). The highest BCUT2D eigenvalue weighted by Crippen LogP contribution is 2.28. The topological polar surface area (TPSA) is 41.5 Å². The Hall–Kier alpha value is -1.27. The lowest BCUT2D eigenvalue weighted by molar-refractivity contribution is 0.0268. The van der Waals surface area contributed by atoms with Crippen LogP contribution >= 0.6 is 11.3 Å². The van der Waals surface area contributed by atoms with Gasteiger partial charge in [0.15, 0.2) is 0 Å². The lowest BCUT2D eigenvalue weighted by Crippen LogP contribution is -2.40. The van der Waals surface area contributed by atoms with Gasteiger partial charge in [-0.2, -0.15) is 0 Å². The monoisotopic (exact) mass is 307 g/mol. The van der Waals surface area contributed by atoms with Crippen LogP contribution in [0.25, 0.3) is 10.4 Å². The molecule has 1 saturated heterocycles. The molecule has 2 aromatic rings. The van der Waals surface area contributed by atoms with Crippen LogP contribution in [0, 0.1) is 5.82 Å². The molecule has 0 bridgehead atoms. The van der Waals surface area contributed by atoms with Gasteiger partial charge in [0.2, 0.25) is 0 Å². The summed E-state index contributed by atoms with van der Waals surface area (Å²) in [5, 5.41) is 15.3. The van der Waals surface area contributed by atoms with Crippen LogP contribution in [0.5, 0.6) is 0 Å². The molecule has 0 aliphatic carbocycles. The minimum absolute atomic E-state index is 0.205. The summed E-state index contributed by atoms with van der Waals surface area (Å²) in [6, 6.07) is 8.97. The molecule has 0 amide bonds. The van der Waals surface area contributed by atoms with E-state index < -0.39 is 5.60 Å². The molecule has 1 unspecified atom stereocenters. The van der Waals surface area contributed by atoms with Crippen molar-refractivity contribution in [2.24, 2.45) is 0 Å². The van der Waals surface area contributed by atoms with Crippen molar-refractivity contribution in [2.75, 3.05) is 19.8 Å². The number of thiophene rings is 1. The van der Waals surface area contributed by atoms with E-state index in [0.29, 0.717) is 38.3 Å². The lowest BCUT2D eigenvalue weighted by atomic mass is 10.0. The smallest absolute Gasteiger partial charge is 0.131 e. The molecule has 112 valence electrons. The molecule has 1 aliphatic rings. The van der Waals surface area contributed by atoms with Crippen LogP contribution in [-0.4, -0.2) is 30.5 Å². The second-order valence-electron chi connectivity index (χ2n) is 5.42. The van der Waals surface area contributed by atoms with Crippen molar-refractivity contribution in [3.05, 3.63) is 47.1 Å². The molecule has 0 saturated carbocycles. The van der Waals surface area contributed by atoms with E-state index in [1.165, 1.54) is 17.4 Å². The van der Waals surface area contributed by atoms with E-state index in [1.54, 1.807) is 6.07 Å². The van der Waals surface area contributed by atoms with Gasteiger partial charge in [0.1, 0.15) is 11.4 Å². The van der Waals surface area contributed by atoms with Gasteiger partial charge in [-0.05, 0) is 29.1 Å². The molecule has 3 nitrogen and oxygen atoms in total. The molecule has 1 atom stereocenters. The van der Waals surface area contributed by atoms with E-state index in [1.807, 2.05) is 23.6 Å². The van der Waals surface area contributed by atoms with E-state index in [9.17, 15) is 9.50 Å². The highest BCUT2D eigenvalue weighted by atomic mass is 32.1. The van der Waals surface area contributed by atoms with Crippen LogP contribution in [-0.2, 0) is 11.3 Å². The summed E-state index contributed by atoms with van der Waals surface area (Å²) in [4.78, 5) is 0.928. The van der Waals surface area contributed by atoms with Crippen molar-refractivity contribution in [3.63, 3.8) is 0 Å². The Morgan fingerprint density at radius 1 is 1.38 bits per heavy atom. The van der Waals surface area contributed by atoms with E-state index in [0.717, 1.165) is 10.4 Å². The Labute approximate surface area is 127 Å². The molecule has 0 spiro atoms. The van der Waals surface area contributed by atoms with Gasteiger partial charge in [0.25, 0.3) is 0 Å². The molecular formula is C16H18FNO2S. The van der Waals surface area contributed by atoms with Gasteiger partial charge in [0, 0.05) is 36.6 Å². The first-order valence-corrected chi connectivity index (χ1v) is 7.87. The average Bonchev–Trinajstić information content (AvgIpc) is 3.12. The van der Waals surface area contributed by atoms with Crippen molar-refractivity contribution < 1.29 is 14.2 Å². The predicted octanol–water partition coefficient (Wildman–Crippen LogP) is 2.80. The third-order valence-corrected chi connectivity index (χ3v) is 4.59. The second-order valence-corrected chi connectivity index (χ2v) is 6.37. The summed E-state index contributed by atoms with van der Waals surface area (Å²) in [6.07, 6.45) is 0.657. The van der Waals surface area contributed by atoms with Gasteiger partial charge >= 0.3 is 0 Å². The molecule has 5 heteroatoms. The van der Waals surface area contributed by atoms with E-state index >= 15 is 0 Å². The zero-order chi connectivity index (χ0) is 14.7. The standard InChI is InChI=1S/C16H18FNO2S/c17-14-4-3-12(8-13(14)15-2-1-7-21-15)9-18-10-16(19)5-6-20-11-16/h1-4,7-8,18-19H,5-6,9-11H2. The Morgan fingerprint density at radius 3 is 3.00 bits per heavy atom. The number of aliphatic hydroxyl groups is 1. The summed E-state index contributed by atoms with van der Waals surface area (Å²) in [6.45, 7) is 2.07. The number of rotatable bonds is 5. The van der Waals surface area contributed by atoms with Crippen LogP contribution in [0.2, 0.25) is 0 Å². The molecule has 2 N–H and O–H groups in total. The van der Waals surface area contributed by atoms with Gasteiger partial charge in [-0.25, -0.2) is 4.39 Å². The predicted molar refractivity (Wildman–Crippen MR) is 81.8 cm³/mol. The fraction of sp³-hybridized carbons (Fsp3) is 0.375. The highest BCUT2D eigenvalue weighted by Gasteiger charge is 2.31. The highest BCUT2D eigenvalue weighted by molar-refractivity contribution is 7.13. The third-order valence-electron chi connectivity index (χ3n) is 3.68. The number of hydrogen-bond donors (Lipinski definition) is 2. The largest absolute Gasteiger partial charge is 0.386 e. The van der Waals surface area contributed by atoms with Crippen molar-refractivity contribution in [1.82, 2.24) is 5.32 Å². The van der Waals surface area contributed by atoms with Gasteiger partial charge in [-0.1, -0.05) is 12.1 Å². The molecule has 1 aromatic heterocycles. The maximum Gasteiger partial charge on any atom is 0.131 e. The molecule has 1 fully saturated rings. The Balaban J connectivity index is 1.65. The summed E-state index contributed by atoms with van der Waals surface area (Å²) in [7, 11) is 0. The third kappa shape index (κ3) is 3.49. The first kappa shape index (κ1) is 14.7. The molecular weight excluding hydrogens is 289 g/mol. The summed E-state index contributed by atoms with van der Waals surface area (Å²) in [5.74, 6) is -0.205. The molecule has 2 heterocycles. The van der Waals surface area contributed by atoms with Crippen LogP contribution in [0.15, 0.2) is 35.7 Å². The van der Waals surface area contributed by atoms with Crippen LogP contribution < -0.4 is 5.32 Å². The van der Waals surface area contributed by atoms with E-state index in [-0.39, 0.29) is 5.82 Å². The van der Waals surface area contributed by atoms with Crippen molar-refractivity contribution in [1.29, 1.82) is 0 Å².